The zero-order chi connectivity index (χ0) is 17.8. The van der Waals surface area contributed by atoms with E-state index >= 15 is 0 Å². The first kappa shape index (κ1) is 17.6. The summed E-state index contributed by atoms with van der Waals surface area (Å²) in [5.41, 5.74) is 3.96. The molecule has 0 unspecified atom stereocenters. The van der Waals surface area contributed by atoms with Gasteiger partial charge in [0.15, 0.2) is 11.2 Å². The molecule has 0 aliphatic heterocycles. The summed E-state index contributed by atoms with van der Waals surface area (Å²) < 4.78 is 6.28. The maximum absolute atomic E-state index is 6.28. The Morgan fingerprint density at radius 3 is 1.56 bits per heavy atom. The Bertz CT molecular complexity index is 770. The van der Waals surface area contributed by atoms with E-state index in [2.05, 4.69) is 85.0 Å². The molecule has 0 radical (unpaired) electrons. The Balaban J connectivity index is 1.92. The fraction of sp³-hybridized carbons (Fsp3) is 0.400. The predicted molar refractivity (Wildman–Crippen MR) is 108 cm³/mol. The summed E-state index contributed by atoms with van der Waals surface area (Å²) in [5, 5.41) is 9.30. The van der Waals surface area contributed by atoms with E-state index in [0.717, 1.165) is 59.5 Å². The van der Waals surface area contributed by atoms with Crippen LogP contribution in [-0.4, -0.2) is 64.2 Å². The Hall–Kier alpha value is -2.24. The molecule has 0 bridgehead atoms. The number of fused-ring (bicyclic) bond motifs is 3. The summed E-state index contributed by atoms with van der Waals surface area (Å²) in [4.78, 5) is 4.33. The third-order valence-electron chi connectivity index (χ3n) is 4.27. The normalized spacial score (nSPS) is 11.8. The molecule has 0 amide bonds. The highest BCUT2D eigenvalue weighted by atomic mass is 16.3. The van der Waals surface area contributed by atoms with E-state index in [9.17, 15) is 0 Å². The quantitative estimate of drug-likeness (QED) is 0.657. The van der Waals surface area contributed by atoms with Gasteiger partial charge in [-0.1, -0.05) is 24.3 Å². The molecule has 0 aliphatic carbocycles. The van der Waals surface area contributed by atoms with Crippen LogP contribution >= 0.6 is 0 Å². The lowest BCUT2D eigenvalue weighted by atomic mass is 10.1. The van der Waals surface area contributed by atoms with Crippen LogP contribution in [0.15, 0.2) is 40.8 Å². The van der Waals surface area contributed by atoms with Crippen molar-refractivity contribution in [1.82, 2.24) is 9.80 Å². The van der Waals surface area contributed by atoms with Crippen LogP contribution < -0.4 is 10.6 Å². The van der Waals surface area contributed by atoms with Gasteiger partial charge in [0, 0.05) is 37.0 Å². The molecule has 0 atom stereocenters. The first-order valence-corrected chi connectivity index (χ1v) is 8.77. The van der Waals surface area contributed by atoms with E-state index in [1.165, 1.54) is 0 Å². The molecule has 1 aromatic heterocycles. The van der Waals surface area contributed by atoms with Crippen LogP contribution in [0.5, 0.6) is 0 Å². The molecule has 0 saturated heterocycles. The number of nitrogens with one attached hydrogen (secondary N) is 2. The van der Waals surface area contributed by atoms with Gasteiger partial charge in [0.1, 0.15) is 0 Å². The number of nitrogens with zero attached hydrogens (tertiary/aromatic N) is 2. The molecule has 0 saturated carbocycles. The molecule has 1 heterocycles. The van der Waals surface area contributed by atoms with Crippen LogP contribution in [0, 0.1) is 0 Å². The third-order valence-corrected chi connectivity index (χ3v) is 4.27. The van der Waals surface area contributed by atoms with Crippen molar-refractivity contribution in [3.05, 3.63) is 36.4 Å². The summed E-state index contributed by atoms with van der Waals surface area (Å²) >= 11 is 0. The maximum Gasteiger partial charge on any atom is 0.158 e. The molecule has 3 rings (SSSR count). The Kier molecular flexibility index (Phi) is 5.46. The summed E-state index contributed by atoms with van der Waals surface area (Å²) in [6, 6.07) is 12.6. The SMILES string of the molecule is CN(C)CCNc1cccc2c1oc1c(NCCN(C)C)cccc12. The van der Waals surface area contributed by atoms with Crippen molar-refractivity contribution < 1.29 is 4.42 Å². The minimum atomic E-state index is 0.886. The molecule has 3 aromatic rings. The highest BCUT2D eigenvalue weighted by Crippen LogP contribution is 2.36. The largest absolute Gasteiger partial charge is 0.452 e. The van der Waals surface area contributed by atoms with Crippen molar-refractivity contribution in [2.75, 3.05) is 65.0 Å². The van der Waals surface area contributed by atoms with E-state index in [-0.39, 0.29) is 0 Å². The third kappa shape index (κ3) is 4.06. The molecule has 0 aliphatic rings. The number of rotatable bonds is 8. The van der Waals surface area contributed by atoms with Crippen LogP contribution in [0.25, 0.3) is 21.9 Å². The second-order valence-corrected chi connectivity index (χ2v) is 6.93. The van der Waals surface area contributed by atoms with Crippen LogP contribution in [-0.2, 0) is 0 Å². The average Bonchev–Trinajstić information content (AvgIpc) is 2.95. The molecule has 5 nitrogen and oxygen atoms in total. The summed E-state index contributed by atoms with van der Waals surface area (Å²) in [6.07, 6.45) is 0. The van der Waals surface area contributed by atoms with Crippen molar-refractivity contribution in [3.8, 4) is 0 Å². The van der Waals surface area contributed by atoms with Crippen molar-refractivity contribution in [1.29, 1.82) is 0 Å². The first-order chi connectivity index (χ1) is 12.1. The molecule has 2 aromatic carbocycles. The van der Waals surface area contributed by atoms with Crippen LogP contribution in [0.4, 0.5) is 11.4 Å². The van der Waals surface area contributed by atoms with Gasteiger partial charge in [-0.25, -0.2) is 0 Å². The number of anilines is 2. The van der Waals surface area contributed by atoms with Crippen molar-refractivity contribution in [2.24, 2.45) is 0 Å². The molecule has 0 fully saturated rings. The number of hydrogen-bond acceptors (Lipinski definition) is 5. The lowest BCUT2D eigenvalue weighted by Gasteiger charge is -2.11. The summed E-state index contributed by atoms with van der Waals surface area (Å²) in [7, 11) is 8.31. The molecular weight excluding hydrogens is 312 g/mol. The van der Waals surface area contributed by atoms with Gasteiger partial charge in [-0.2, -0.15) is 0 Å². The molecule has 2 N–H and O–H groups in total. The van der Waals surface area contributed by atoms with Gasteiger partial charge in [0.25, 0.3) is 0 Å². The van der Waals surface area contributed by atoms with Gasteiger partial charge in [0.05, 0.1) is 11.4 Å². The van der Waals surface area contributed by atoms with Gasteiger partial charge in [0.2, 0.25) is 0 Å². The minimum Gasteiger partial charge on any atom is -0.452 e. The Morgan fingerprint density at radius 2 is 1.16 bits per heavy atom. The monoisotopic (exact) mass is 340 g/mol. The standard InChI is InChI=1S/C20H28N4O/c1-23(2)13-11-21-17-9-5-7-15-16-8-6-10-18(20(16)25-19(15)17)22-12-14-24(3)4/h5-10,21-22H,11-14H2,1-4H3. The maximum atomic E-state index is 6.28. The van der Waals surface area contributed by atoms with Crippen molar-refractivity contribution in [3.63, 3.8) is 0 Å². The lowest BCUT2D eigenvalue weighted by Crippen LogP contribution is -2.20. The van der Waals surface area contributed by atoms with Gasteiger partial charge < -0.3 is 24.9 Å². The second kappa shape index (κ2) is 7.76. The fourth-order valence-electron chi connectivity index (χ4n) is 2.93. The second-order valence-electron chi connectivity index (χ2n) is 6.93. The van der Waals surface area contributed by atoms with Crippen LogP contribution in [0.3, 0.4) is 0 Å². The van der Waals surface area contributed by atoms with E-state index in [4.69, 9.17) is 4.42 Å². The molecule has 5 heteroatoms. The fourth-order valence-corrected chi connectivity index (χ4v) is 2.93. The Morgan fingerprint density at radius 1 is 0.720 bits per heavy atom. The smallest absolute Gasteiger partial charge is 0.158 e. The minimum absolute atomic E-state index is 0.886. The average molecular weight is 340 g/mol. The molecule has 134 valence electrons. The zero-order valence-corrected chi connectivity index (χ0v) is 15.6. The van der Waals surface area contributed by atoms with E-state index in [1.807, 2.05) is 0 Å². The number of para-hydroxylation sites is 2. The highest BCUT2D eigenvalue weighted by molar-refractivity contribution is 6.11. The Labute approximate surface area is 149 Å². The van der Waals surface area contributed by atoms with Gasteiger partial charge in [-0.15, -0.1) is 0 Å². The van der Waals surface area contributed by atoms with Crippen molar-refractivity contribution >= 4 is 33.3 Å². The van der Waals surface area contributed by atoms with Gasteiger partial charge >= 0.3 is 0 Å². The highest BCUT2D eigenvalue weighted by Gasteiger charge is 2.13. The first-order valence-electron chi connectivity index (χ1n) is 8.77. The van der Waals surface area contributed by atoms with E-state index in [0.29, 0.717) is 0 Å². The van der Waals surface area contributed by atoms with Crippen molar-refractivity contribution in [2.45, 2.75) is 0 Å². The number of hydrogen-bond donors (Lipinski definition) is 2. The molecule has 0 spiro atoms. The van der Waals surface area contributed by atoms with E-state index < -0.39 is 0 Å². The topological polar surface area (TPSA) is 43.7 Å². The summed E-state index contributed by atoms with van der Waals surface area (Å²) in [5.74, 6) is 0. The van der Waals surface area contributed by atoms with Crippen LogP contribution in [0.1, 0.15) is 0 Å². The molecular formula is C20H28N4O. The van der Waals surface area contributed by atoms with Gasteiger partial charge in [-0.3, -0.25) is 0 Å². The number of likely N-dealkylation sites (N-methyl/N-ethyl adjacent to an activating group) is 2. The van der Waals surface area contributed by atoms with Gasteiger partial charge in [-0.05, 0) is 40.3 Å². The predicted octanol–water partition coefficient (Wildman–Crippen LogP) is 3.53. The lowest BCUT2D eigenvalue weighted by molar-refractivity contribution is 0.425. The molecule has 25 heavy (non-hydrogen) atoms. The zero-order valence-electron chi connectivity index (χ0n) is 15.6. The number of furan rings is 1. The van der Waals surface area contributed by atoms with Crippen LogP contribution in [0.2, 0.25) is 0 Å². The van der Waals surface area contributed by atoms with E-state index in [1.54, 1.807) is 0 Å². The number of benzene rings is 2. The summed E-state index contributed by atoms with van der Waals surface area (Å²) in [6.45, 7) is 3.73.